The minimum atomic E-state index is -4.38. The van der Waals surface area contributed by atoms with Crippen LogP contribution < -0.4 is 10.1 Å². The van der Waals surface area contributed by atoms with Crippen molar-refractivity contribution in [3.05, 3.63) is 53.6 Å². The third kappa shape index (κ3) is 4.16. The molecule has 3 rings (SSSR count). The number of aliphatic imine (C=N–C) groups is 1. The number of methoxy groups -OCH3 is 1. The second-order valence-corrected chi connectivity index (χ2v) is 5.79. The second kappa shape index (κ2) is 7.78. The van der Waals surface area contributed by atoms with Crippen LogP contribution in [0.2, 0.25) is 0 Å². The molecule has 0 atom stereocenters. The Kier molecular flexibility index (Phi) is 5.46. The largest absolute Gasteiger partial charge is 0.490 e. The van der Waals surface area contributed by atoms with E-state index in [1.54, 1.807) is 31.4 Å². The van der Waals surface area contributed by atoms with Gasteiger partial charge in [-0.1, -0.05) is 18.2 Å². The highest BCUT2D eigenvalue weighted by Crippen LogP contribution is 2.33. The Hall–Kier alpha value is -2.54. The lowest BCUT2D eigenvalue weighted by molar-refractivity contribution is -0.137. The molecule has 0 fully saturated rings. The average Bonchev–Trinajstić information content (AvgIpc) is 3.16. The summed E-state index contributed by atoms with van der Waals surface area (Å²) in [5, 5.41) is 3.18. The number of nitrogens with zero attached hydrogens (tertiary/aromatic N) is 1. The topological polar surface area (TPSA) is 42.9 Å². The molecule has 7 heteroatoms. The van der Waals surface area contributed by atoms with Gasteiger partial charge >= 0.3 is 6.18 Å². The molecular weight excluding hydrogens is 345 g/mol. The van der Waals surface area contributed by atoms with E-state index in [4.69, 9.17) is 9.47 Å². The molecule has 0 amide bonds. The summed E-state index contributed by atoms with van der Waals surface area (Å²) in [6.07, 6.45) is -4.38. The summed E-state index contributed by atoms with van der Waals surface area (Å²) in [5.74, 6) is 1.30. The van der Waals surface area contributed by atoms with Crippen LogP contribution >= 0.6 is 0 Å². The smallest absolute Gasteiger partial charge is 0.416 e. The molecule has 26 heavy (non-hydrogen) atoms. The zero-order chi connectivity index (χ0) is 18.6. The minimum absolute atomic E-state index is 0.375. The Morgan fingerprint density at radius 1 is 1.08 bits per heavy atom. The lowest BCUT2D eigenvalue weighted by Gasteiger charge is -2.14. The first kappa shape index (κ1) is 18.3. The van der Waals surface area contributed by atoms with E-state index in [0.717, 1.165) is 24.2 Å². The molecule has 4 nitrogen and oxygen atoms in total. The number of alkyl halides is 3. The van der Waals surface area contributed by atoms with Gasteiger partial charge in [-0.25, -0.2) is 0 Å². The first-order chi connectivity index (χ1) is 12.5. The Morgan fingerprint density at radius 2 is 1.88 bits per heavy atom. The van der Waals surface area contributed by atoms with Crippen molar-refractivity contribution in [2.45, 2.75) is 6.18 Å². The number of hydrogen-bond donors (Lipinski definition) is 1. The molecule has 0 aliphatic carbocycles. The van der Waals surface area contributed by atoms with Crippen LogP contribution in [0, 0.1) is 0 Å². The number of ether oxygens (including phenoxy) is 2. The minimum Gasteiger partial charge on any atom is -0.490 e. The maximum absolute atomic E-state index is 13.0. The fraction of sp³-hybridized carbons (Fsp3) is 0.316. The highest BCUT2D eigenvalue weighted by molar-refractivity contribution is 6.03. The number of halogens is 3. The fourth-order valence-corrected chi connectivity index (χ4v) is 2.71. The van der Waals surface area contributed by atoms with Gasteiger partial charge in [0.2, 0.25) is 0 Å². The van der Waals surface area contributed by atoms with Crippen molar-refractivity contribution in [3.63, 3.8) is 0 Å². The van der Waals surface area contributed by atoms with E-state index in [9.17, 15) is 13.2 Å². The van der Waals surface area contributed by atoms with Crippen molar-refractivity contribution in [2.75, 3.05) is 33.4 Å². The van der Waals surface area contributed by atoms with Crippen molar-refractivity contribution in [3.8, 4) is 16.9 Å². The van der Waals surface area contributed by atoms with Crippen LogP contribution in [-0.2, 0) is 10.9 Å². The molecule has 138 valence electrons. The highest BCUT2D eigenvalue weighted by atomic mass is 19.4. The van der Waals surface area contributed by atoms with Crippen LogP contribution in [0.5, 0.6) is 5.75 Å². The average molecular weight is 364 g/mol. The van der Waals surface area contributed by atoms with E-state index in [1.807, 2.05) is 0 Å². The quantitative estimate of drug-likeness (QED) is 0.794. The molecule has 0 spiro atoms. The summed E-state index contributed by atoms with van der Waals surface area (Å²) < 4.78 is 49.7. The number of rotatable bonds is 6. The first-order valence-corrected chi connectivity index (χ1v) is 8.21. The Bertz CT molecular complexity index is 804. The summed E-state index contributed by atoms with van der Waals surface area (Å²) in [7, 11) is 1.59. The zero-order valence-electron chi connectivity index (χ0n) is 14.3. The van der Waals surface area contributed by atoms with Gasteiger partial charge in [-0.05, 0) is 35.4 Å². The van der Waals surface area contributed by atoms with Gasteiger partial charge in [-0.2, -0.15) is 13.2 Å². The van der Waals surface area contributed by atoms with E-state index in [-0.39, 0.29) is 0 Å². The molecular formula is C19H19F3N2O2. The summed E-state index contributed by atoms with van der Waals surface area (Å²) >= 11 is 0. The van der Waals surface area contributed by atoms with Crippen LogP contribution in [0.1, 0.15) is 11.1 Å². The molecule has 1 N–H and O–H groups in total. The van der Waals surface area contributed by atoms with Gasteiger partial charge in [0.25, 0.3) is 0 Å². The van der Waals surface area contributed by atoms with Gasteiger partial charge in [0.15, 0.2) is 0 Å². The van der Waals surface area contributed by atoms with Crippen molar-refractivity contribution < 1.29 is 22.6 Å². The Morgan fingerprint density at radius 3 is 2.58 bits per heavy atom. The predicted octanol–water partition coefficient (Wildman–Crippen LogP) is 3.75. The van der Waals surface area contributed by atoms with Crippen molar-refractivity contribution >= 4 is 5.84 Å². The normalized spacial score (nSPS) is 14.1. The summed E-state index contributed by atoms with van der Waals surface area (Å²) in [6, 6.07) is 10.6. The van der Waals surface area contributed by atoms with Crippen molar-refractivity contribution in [2.24, 2.45) is 4.99 Å². The van der Waals surface area contributed by atoms with Crippen LogP contribution in [0.25, 0.3) is 11.1 Å². The number of benzene rings is 2. The molecule has 1 aliphatic heterocycles. The van der Waals surface area contributed by atoms with Gasteiger partial charge in [-0.15, -0.1) is 0 Å². The summed E-state index contributed by atoms with van der Waals surface area (Å²) in [5.41, 5.74) is 1.21. The number of nitrogens with one attached hydrogen (secondary N) is 1. The van der Waals surface area contributed by atoms with E-state index in [2.05, 4.69) is 10.3 Å². The van der Waals surface area contributed by atoms with Crippen LogP contribution in [0.4, 0.5) is 13.2 Å². The molecule has 2 aromatic rings. The highest BCUT2D eigenvalue weighted by Gasteiger charge is 2.30. The third-order valence-electron chi connectivity index (χ3n) is 3.98. The van der Waals surface area contributed by atoms with E-state index < -0.39 is 11.7 Å². The number of hydrogen-bond acceptors (Lipinski definition) is 4. The molecule has 0 bridgehead atoms. The molecule has 2 aromatic carbocycles. The zero-order valence-corrected chi connectivity index (χ0v) is 14.3. The SMILES string of the molecule is COCCOc1ccc(-c2cccc(C(F)(F)F)c2)cc1C1=NCCN1. The van der Waals surface area contributed by atoms with Gasteiger partial charge in [0.05, 0.1) is 24.3 Å². The van der Waals surface area contributed by atoms with Crippen molar-refractivity contribution in [1.29, 1.82) is 0 Å². The summed E-state index contributed by atoms with van der Waals surface area (Å²) in [6.45, 7) is 2.19. The third-order valence-corrected chi connectivity index (χ3v) is 3.98. The lowest BCUT2D eigenvalue weighted by atomic mass is 10.00. The van der Waals surface area contributed by atoms with Gasteiger partial charge in [0.1, 0.15) is 18.2 Å². The van der Waals surface area contributed by atoms with Crippen LogP contribution in [0.15, 0.2) is 47.5 Å². The van der Waals surface area contributed by atoms with Gasteiger partial charge in [0, 0.05) is 13.7 Å². The van der Waals surface area contributed by atoms with E-state index >= 15 is 0 Å². The van der Waals surface area contributed by atoms with Crippen LogP contribution in [0.3, 0.4) is 0 Å². The second-order valence-electron chi connectivity index (χ2n) is 5.79. The molecule has 0 saturated heterocycles. The maximum Gasteiger partial charge on any atom is 0.416 e. The van der Waals surface area contributed by atoms with E-state index in [0.29, 0.717) is 42.5 Å². The van der Waals surface area contributed by atoms with Crippen molar-refractivity contribution in [1.82, 2.24) is 5.32 Å². The lowest BCUT2D eigenvalue weighted by Crippen LogP contribution is -2.20. The standard InChI is InChI=1S/C19H19F3N2O2/c1-25-9-10-26-17-6-5-14(12-16(17)18-23-7-8-24-18)13-3-2-4-15(11-13)19(20,21)22/h2-6,11-12H,7-10H2,1H3,(H,23,24). The number of amidine groups is 1. The van der Waals surface area contributed by atoms with Crippen LogP contribution in [-0.4, -0.2) is 39.2 Å². The fourth-order valence-electron chi connectivity index (χ4n) is 2.71. The molecule has 0 aromatic heterocycles. The predicted molar refractivity (Wildman–Crippen MR) is 93.7 cm³/mol. The summed E-state index contributed by atoms with van der Waals surface area (Å²) in [4.78, 5) is 4.40. The molecule has 0 unspecified atom stereocenters. The Labute approximate surface area is 149 Å². The molecule has 0 saturated carbocycles. The van der Waals surface area contributed by atoms with Gasteiger partial charge in [-0.3, -0.25) is 4.99 Å². The Balaban J connectivity index is 1.97. The van der Waals surface area contributed by atoms with E-state index in [1.165, 1.54) is 6.07 Å². The molecule has 1 heterocycles. The maximum atomic E-state index is 13.0. The first-order valence-electron chi connectivity index (χ1n) is 8.21. The molecule has 0 radical (unpaired) electrons. The molecule has 1 aliphatic rings. The monoisotopic (exact) mass is 364 g/mol. The van der Waals surface area contributed by atoms with Gasteiger partial charge < -0.3 is 14.8 Å².